The summed E-state index contributed by atoms with van der Waals surface area (Å²) in [5, 5.41) is 53.7. The van der Waals surface area contributed by atoms with E-state index < -0.39 is 71.8 Å². The van der Waals surface area contributed by atoms with Crippen molar-refractivity contribution in [3.8, 4) is 28.6 Å². The average Bonchev–Trinajstić information content (AvgIpc) is 2.90. The number of nitrogens with one attached hydrogen (secondary N) is 1. The van der Waals surface area contributed by atoms with Gasteiger partial charge in [-0.2, -0.15) is 0 Å². The first-order valence-electron chi connectivity index (χ1n) is 11.5. The van der Waals surface area contributed by atoms with Gasteiger partial charge in [-0.15, -0.1) is 0 Å². The molecule has 1 fully saturated rings. The van der Waals surface area contributed by atoms with E-state index in [1.54, 1.807) is 37.3 Å². The number of aromatic hydroxyl groups is 2. The molecule has 4 rings (SSSR count). The Kier molecular flexibility index (Phi) is 7.83. The van der Waals surface area contributed by atoms with Gasteiger partial charge in [0.15, 0.2) is 23.0 Å². The molecule has 13 heteroatoms. The number of fused-ring (bicyclic) bond motifs is 1. The van der Waals surface area contributed by atoms with Crippen LogP contribution < -0.4 is 15.5 Å². The lowest BCUT2D eigenvalue weighted by Crippen LogP contribution is -2.63. The van der Waals surface area contributed by atoms with Crippen molar-refractivity contribution in [1.29, 1.82) is 0 Å². The molecule has 13 nitrogen and oxygen atoms in total. The highest BCUT2D eigenvalue weighted by molar-refractivity contribution is 5.89. The van der Waals surface area contributed by atoms with E-state index in [2.05, 4.69) is 5.32 Å². The highest BCUT2D eigenvalue weighted by Gasteiger charge is 2.48. The van der Waals surface area contributed by atoms with Gasteiger partial charge in [-0.1, -0.05) is 30.3 Å². The van der Waals surface area contributed by atoms with Crippen LogP contribution in [0.5, 0.6) is 17.2 Å². The second-order valence-electron chi connectivity index (χ2n) is 8.32. The molecule has 0 aliphatic carbocycles. The summed E-state index contributed by atoms with van der Waals surface area (Å²) in [6.07, 6.45) is -9.41. The fraction of sp³-hybridized carbons (Fsp3) is 0.320. The smallest absolute Gasteiger partial charge is 0.325 e. The topological polar surface area (TPSA) is 205 Å². The Morgan fingerprint density at radius 1 is 1.00 bits per heavy atom. The van der Waals surface area contributed by atoms with Crippen LogP contribution in [0.15, 0.2) is 51.7 Å². The highest BCUT2D eigenvalue weighted by Crippen LogP contribution is 2.42. The third-order valence-corrected chi connectivity index (χ3v) is 5.77. The molecule has 38 heavy (non-hydrogen) atoms. The van der Waals surface area contributed by atoms with Crippen molar-refractivity contribution in [2.45, 2.75) is 37.6 Å². The van der Waals surface area contributed by atoms with Gasteiger partial charge in [0.05, 0.1) is 6.61 Å². The average molecular weight is 531 g/mol. The summed E-state index contributed by atoms with van der Waals surface area (Å²) >= 11 is 0. The lowest BCUT2D eigenvalue weighted by molar-refractivity contribution is -0.267. The number of carbonyl (C=O) groups excluding carboxylic acids is 2. The summed E-state index contributed by atoms with van der Waals surface area (Å²) in [5.41, 5.74) is -0.284. The molecule has 2 heterocycles. The molecule has 2 aromatic carbocycles. The monoisotopic (exact) mass is 531 g/mol. The zero-order chi connectivity index (χ0) is 27.6. The van der Waals surface area contributed by atoms with E-state index in [1.807, 2.05) is 0 Å². The number of ether oxygens (including phenoxy) is 3. The zero-order valence-corrected chi connectivity index (χ0v) is 19.9. The van der Waals surface area contributed by atoms with E-state index in [0.29, 0.717) is 5.56 Å². The molecule has 1 amide bonds. The molecule has 202 valence electrons. The number of carbonyl (C=O) groups is 2. The van der Waals surface area contributed by atoms with Crippen LogP contribution >= 0.6 is 0 Å². The maximum Gasteiger partial charge on any atom is 0.325 e. The van der Waals surface area contributed by atoms with Crippen LogP contribution in [-0.2, 0) is 19.1 Å². The van der Waals surface area contributed by atoms with Gasteiger partial charge in [0.2, 0.25) is 12.0 Å². The van der Waals surface area contributed by atoms with Gasteiger partial charge in [-0.25, -0.2) is 0 Å². The predicted molar refractivity (Wildman–Crippen MR) is 128 cm³/mol. The van der Waals surface area contributed by atoms with Crippen LogP contribution in [0.1, 0.15) is 6.92 Å². The number of rotatable bonds is 7. The third kappa shape index (κ3) is 5.26. The molecular formula is C25H25NO12. The molecule has 0 bridgehead atoms. The maximum absolute atomic E-state index is 12.7. The summed E-state index contributed by atoms with van der Waals surface area (Å²) < 4.78 is 21.2. The van der Waals surface area contributed by atoms with Crippen LogP contribution in [-0.4, -0.2) is 81.3 Å². The van der Waals surface area contributed by atoms with E-state index in [1.165, 1.54) is 0 Å². The molecule has 1 aliphatic heterocycles. The Morgan fingerprint density at radius 2 is 1.71 bits per heavy atom. The van der Waals surface area contributed by atoms with Gasteiger partial charge in [-0.05, 0) is 6.92 Å². The van der Waals surface area contributed by atoms with Crippen molar-refractivity contribution in [1.82, 2.24) is 5.32 Å². The summed E-state index contributed by atoms with van der Waals surface area (Å²) in [4.78, 5) is 36.7. The molecule has 6 N–H and O–H groups in total. The first-order valence-corrected chi connectivity index (χ1v) is 11.5. The number of hydrogen-bond donors (Lipinski definition) is 6. The molecule has 1 aromatic heterocycles. The van der Waals surface area contributed by atoms with Crippen molar-refractivity contribution in [2.24, 2.45) is 0 Å². The van der Waals surface area contributed by atoms with E-state index >= 15 is 0 Å². The number of aliphatic hydroxyl groups is 3. The second kappa shape index (κ2) is 11.1. The fourth-order valence-electron chi connectivity index (χ4n) is 3.86. The van der Waals surface area contributed by atoms with Gasteiger partial charge in [0.1, 0.15) is 41.6 Å². The standard InChI is InChI=1S/C25H25NO12/c1-2-35-16(28)10-26-24(34)23-21(32)20(31)22(33)25(38-23)37-15-9-14-17(19(30)18(15)29)12(27)8-13(36-14)11-6-4-3-5-7-11/h3-9,20-23,25,29-33H,2,10H2,1H3,(H,26,34)/t20-,21+,22+,23-,25-/m1/s1. The number of esters is 1. The number of hydrogen-bond acceptors (Lipinski definition) is 12. The second-order valence-corrected chi connectivity index (χ2v) is 8.32. The Hall–Kier alpha value is -4.17. The molecular weight excluding hydrogens is 506 g/mol. The van der Waals surface area contributed by atoms with E-state index in [4.69, 9.17) is 18.6 Å². The van der Waals surface area contributed by atoms with Crippen LogP contribution in [0.4, 0.5) is 0 Å². The molecule has 5 atom stereocenters. The zero-order valence-electron chi connectivity index (χ0n) is 19.9. The molecule has 3 aromatic rings. The van der Waals surface area contributed by atoms with Crippen molar-refractivity contribution >= 4 is 22.8 Å². The summed E-state index contributed by atoms with van der Waals surface area (Å²) in [7, 11) is 0. The van der Waals surface area contributed by atoms with Gasteiger partial charge in [-0.3, -0.25) is 14.4 Å². The van der Waals surface area contributed by atoms with E-state index in [0.717, 1.165) is 12.1 Å². The molecule has 1 aliphatic rings. The largest absolute Gasteiger partial charge is 0.504 e. The fourth-order valence-corrected chi connectivity index (χ4v) is 3.86. The molecule has 0 unspecified atom stereocenters. The van der Waals surface area contributed by atoms with Crippen molar-refractivity contribution < 1.29 is 53.7 Å². The van der Waals surface area contributed by atoms with Crippen molar-refractivity contribution in [2.75, 3.05) is 13.2 Å². The van der Waals surface area contributed by atoms with Crippen LogP contribution in [0, 0.1) is 0 Å². The van der Waals surface area contributed by atoms with Crippen LogP contribution in [0.25, 0.3) is 22.3 Å². The Morgan fingerprint density at radius 3 is 2.39 bits per heavy atom. The quantitative estimate of drug-likeness (QED) is 0.172. The predicted octanol–water partition coefficient (Wildman–Crippen LogP) is -0.263. The van der Waals surface area contributed by atoms with Crippen molar-refractivity contribution in [3.05, 3.63) is 52.7 Å². The normalized spacial score (nSPS) is 23.1. The Balaban J connectivity index is 1.63. The summed E-state index contributed by atoms with van der Waals surface area (Å²) in [5.74, 6) is -3.93. The SMILES string of the molecule is CCOC(=O)CNC(=O)[C@@H]1O[C@@H](Oc2cc3oc(-c4ccccc4)cc(=O)c3c(O)c2O)[C@@H](O)[C@H](O)[C@@H]1O. The van der Waals surface area contributed by atoms with Gasteiger partial charge >= 0.3 is 5.97 Å². The first kappa shape index (κ1) is 26.9. The van der Waals surface area contributed by atoms with Crippen LogP contribution in [0.2, 0.25) is 0 Å². The third-order valence-electron chi connectivity index (χ3n) is 5.77. The minimum atomic E-state index is -1.94. The van der Waals surface area contributed by atoms with Crippen molar-refractivity contribution in [3.63, 3.8) is 0 Å². The number of phenolic OH excluding ortho intramolecular Hbond substituents is 2. The molecule has 0 radical (unpaired) electrons. The molecule has 0 saturated carbocycles. The van der Waals surface area contributed by atoms with Gasteiger partial charge < -0.3 is 49.5 Å². The minimum absolute atomic E-state index is 0.0765. The van der Waals surface area contributed by atoms with Gasteiger partial charge in [0, 0.05) is 17.7 Å². The van der Waals surface area contributed by atoms with Gasteiger partial charge in [0.25, 0.3) is 5.91 Å². The number of aliphatic hydroxyl groups excluding tert-OH is 3. The first-order chi connectivity index (χ1) is 18.1. The summed E-state index contributed by atoms with van der Waals surface area (Å²) in [6.45, 7) is 1.10. The Bertz CT molecular complexity index is 1390. The Labute approximate surface area is 214 Å². The lowest BCUT2D eigenvalue weighted by Gasteiger charge is -2.39. The number of amides is 1. The minimum Gasteiger partial charge on any atom is -0.504 e. The number of phenols is 2. The molecule has 0 spiro atoms. The van der Waals surface area contributed by atoms with E-state index in [-0.39, 0.29) is 23.3 Å². The lowest BCUT2D eigenvalue weighted by atomic mass is 9.98. The summed E-state index contributed by atoms with van der Waals surface area (Å²) in [6, 6.07) is 10.8. The van der Waals surface area contributed by atoms with E-state index in [9.17, 15) is 39.9 Å². The maximum atomic E-state index is 12.7. The molecule has 1 saturated heterocycles. The van der Waals surface area contributed by atoms with Crippen LogP contribution in [0.3, 0.4) is 0 Å². The highest BCUT2D eigenvalue weighted by atomic mass is 16.7. The number of benzene rings is 2.